The fraction of sp³-hybridized carbons (Fsp3) is 0.444. The fourth-order valence-electron chi connectivity index (χ4n) is 0.939. The summed E-state index contributed by atoms with van der Waals surface area (Å²) in [5, 5.41) is 5.67. The molecule has 0 radical (unpaired) electrons. The number of rotatable bonds is 5. The van der Waals surface area contributed by atoms with Crippen LogP contribution in [-0.2, 0) is 11.3 Å². The lowest BCUT2D eigenvalue weighted by molar-refractivity contribution is -0.121. The molecule has 0 aliphatic rings. The summed E-state index contributed by atoms with van der Waals surface area (Å²) >= 11 is 0. The van der Waals surface area contributed by atoms with Gasteiger partial charge in [0, 0.05) is 19.2 Å². The smallest absolute Gasteiger partial charge is 0.221 e. The van der Waals surface area contributed by atoms with Gasteiger partial charge >= 0.3 is 0 Å². The van der Waals surface area contributed by atoms with E-state index in [4.69, 9.17) is 0 Å². The van der Waals surface area contributed by atoms with Crippen molar-refractivity contribution in [2.24, 2.45) is 0 Å². The van der Waals surface area contributed by atoms with Gasteiger partial charge in [-0.05, 0) is 13.1 Å². The molecular weight excluding hydrogens is 180 g/mol. The van der Waals surface area contributed by atoms with Gasteiger partial charge in [0.1, 0.15) is 6.33 Å². The molecule has 1 amide bonds. The van der Waals surface area contributed by atoms with Crippen LogP contribution in [0.3, 0.4) is 0 Å². The topological polar surface area (TPSA) is 66.9 Å². The highest BCUT2D eigenvalue weighted by molar-refractivity contribution is 5.75. The van der Waals surface area contributed by atoms with Gasteiger partial charge in [0.2, 0.25) is 5.91 Å². The lowest BCUT2D eigenvalue weighted by Gasteiger charge is -2.03. The van der Waals surface area contributed by atoms with Crippen LogP contribution in [0.2, 0.25) is 0 Å². The van der Waals surface area contributed by atoms with Gasteiger partial charge in [-0.1, -0.05) is 0 Å². The zero-order valence-corrected chi connectivity index (χ0v) is 8.16. The molecule has 76 valence electrons. The third kappa shape index (κ3) is 3.95. The van der Waals surface area contributed by atoms with Crippen molar-refractivity contribution in [3.63, 3.8) is 0 Å². The third-order valence-corrected chi connectivity index (χ3v) is 1.71. The third-order valence-electron chi connectivity index (χ3n) is 1.71. The van der Waals surface area contributed by atoms with Gasteiger partial charge in [0.05, 0.1) is 12.2 Å². The van der Waals surface area contributed by atoms with Gasteiger partial charge in [-0.15, -0.1) is 0 Å². The van der Waals surface area contributed by atoms with Crippen LogP contribution in [0.15, 0.2) is 18.6 Å². The summed E-state index contributed by atoms with van der Waals surface area (Å²) in [5.74, 6) is 0.0259. The van der Waals surface area contributed by atoms with Gasteiger partial charge in [-0.2, -0.15) is 0 Å². The van der Waals surface area contributed by atoms with E-state index in [9.17, 15) is 4.79 Å². The molecule has 1 aromatic rings. The molecule has 0 aliphatic heterocycles. The molecule has 1 rings (SSSR count). The number of carbonyl (C=O) groups is 1. The first-order valence-electron chi connectivity index (χ1n) is 4.49. The molecule has 0 fully saturated rings. The summed E-state index contributed by atoms with van der Waals surface area (Å²) in [7, 11) is 1.82. The van der Waals surface area contributed by atoms with E-state index in [-0.39, 0.29) is 5.91 Å². The van der Waals surface area contributed by atoms with E-state index in [1.165, 1.54) is 6.33 Å². The minimum absolute atomic E-state index is 0.0259. The van der Waals surface area contributed by atoms with E-state index in [0.717, 1.165) is 5.69 Å². The second kappa shape index (κ2) is 6.04. The first-order chi connectivity index (χ1) is 6.83. The first kappa shape index (κ1) is 10.6. The average molecular weight is 194 g/mol. The summed E-state index contributed by atoms with van der Waals surface area (Å²) in [6.07, 6.45) is 3.61. The molecule has 0 aromatic carbocycles. The van der Waals surface area contributed by atoms with Crippen LogP contribution in [0.5, 0.6) is 0 Å². The van der Waals surface area contributed by atoms with Gasteiger partial charge in [-0.3, -0.25) is 4.79 Å². The molecule has 1 heterocycles. The van der Waals surface area contributed by atoms with E-state index < -0.39 is 0 Å². The van der Waals surface area contributed by atoms with E-state index in [1.807, 2.05) is 7.05 Å². The molecular formula is C9H14N4O. The average Bonchev–Trinajstić information content (AvgIpc) is 2.25. The van der Waals surface area contributed by atoms with Crippen molar-refractivity contribution in [2.45, 2.75) is 13.0 Å². The van der Waals surface area contributed by atoms with E-state index in [2.05, 4.69) is 20.6 Å². The molecule has 0 spiro atoms. The molecule has 0 saturated carbocycles. The minimum Gasteiger partial charge on any atom is -0.350 e. The van der Waals surface area contributed by atoms with Crippen molar-refractivity contribution >= 4 is 5.91 Å². The SMILES string of the molecule is CNCCC(=O)NCc1ccncn1. The van der Waals surface area contributed by atoms with Crippen LogP contribution in [0.4, 0.5) is 0 Å². The fourth-order valence-corrected chi connectivity index (χ4v) is 0.939. The molecule has 2 N–H and O–H groups in total. The number of carbonyl (C=O) groups excluding carboxylic acids is 1. The Kier molecular flexibility index (Phi) is 4.57. The van der Waals surface area contributed by atoms with Crippen molar-refractivity contribution in [1.29, 1.82) is 0 Å². The number of hydrogen-bond donors (Lipinski definition) is 2. The molecule has 14 heavy (non-hydrogen) atoms. The Morgan fingerprint density at radius 1 is 1.57 bits per heavy atom. The Labute approximate surface area is 83.0 Å². The maximum Gasteiger partial charge on any atom is 0.221 e. The number of nitrogens with one attached hydrogen (secondary N) is 2. The standard InChI is InChI=1S/C9H14N4O/c1-10-4-3-9(14)12-6-8-2-5-11-7-13-8/h2,5,7,10H,3-4,6H2,1H3,(H,12,14). The number of amides is 1. The molecule has 5 nitrogen and oxygen atoms in total. The van der Waals surface area contributed by atoms with E-state index >= 15 is 0 Å². The predicted molar refractivity (Wildman–Crippen MR) is 52.4 cm³/mol. The summed E-state index contributed by atoms with van der Waals surface area (Å²) in [5.41, 5.74) is 0.817. The van der Waals surface area contributed by atoms with Crippen molar-refractivity contribution in [3.05, 3.63) is 24.3 Å². The summed E-state index contributed by atoms with van der Waals surface area (Å²) in [6, 6.07) is 1.78. The Morgan fingerprint density at radius 2 is 2.43 bits per heavy atom. The van der Waals surface area contributed by atoms with Crippen molar-refractivity contribution in [3.8, 4) is 0 Å². The predicted octanol–water partition coefficient (Wildman–Crippen LogP) is -0.298. The minimum atomic E-state index is 0.0259. The monoisotopic (exact) mass is 194 g/mol. The Bertz CT molecular complexity index is 275. The van der Waals surface area contributed by atoms with Gasteiger partial charge in [0.25, 0.3) is 0 Å². The van der Waals surface area contributed by atoms with Crippen LogP contribution in [0.1, 0.15) is 12.1 Å². The Hall–Kier alpha value is -1.49. The Morgan fingerprint density at radius 3 is 3.07 bits per heavy atom. The highest BCUT2D eigenvalue weighted by Gasteiger charge is 1.99. The van der Waals surface area contributed by atoms with Crippen molar-refractivity contribution < 1.29 is 4.79 Å². The molecule has 0 bridgehead atoms. The summed E-state index contributed by atoms with van der Waals surface area (Å²) < 4.78 is 0. The first-order valence-corrected chi connectivity index (χ1v) is 4.49. The molecule has 0 aliphatic carbocycles. The molecule has 0 unspecified atom stereocenters. The lowest BCUT2D eigenvalue weighted by atomic mass is 10.3. The second-order valence-corrected chi connectivity index (χ2v) is 2.83. The normalized spacial score (nSPS) is 9.79. The van der Waals surface area contributed by atoms with E-state index in [0.29, 0.717) is 19.5 Å². The van der Waals surface area contributed by atoms with Gasteiger partial charge in [0.15, 0.2) is 0 Å². The molecule has 5 heteroatoms. The van der Waals surface area contributed by atoms with Crippen LogP contribution >= 0.6 is 0 Å². The summed E-state index contributed by atoms with van der Waals surface area (Å²) in [4.78, 5) is 19.0. The van der Waals surface area contributed by atoms with Gasteiger partial charge < -0.3 is 10.6 Å². The zero-order chi connectivity index (χ0) is 10.2. The number of hydrogen-bond acceptors (Lipinski definition) is 4. The molecule has 0 saturated heterocycles. The van der Waals surface area contributed by atoms with Gasteiger partial charge in [-0.25, -0.2) is 9.97 Å². The quantitative estimate of drug-likeness (QED) is 0.675. The van der Waals surface area contributed by atoms with Crippen molar-refractivity contribution in [1.82, 2.24) is 20.6 Å². The van der Waals surface area contributed by atoms with Crippen LogP contribution in [0, 0.1) is 0 Å². The number of nitrogens with zero attached hydrogens (tertiary/aromatic N) is 2. The highest BCUT2D eigenvalue weighted by atomic mass is 16.1. The zero-order valence-electron chi connectivity index (χ0n) is 8.16. The largest absolute Gasteiger partial charge is 0.350 e. The maximum absolute atomic E-state index is 11.2. The van der Waals surface area contributed by atoms with Crippen LogP contribution < -0.4 is 10.6 Å². The molecule has 1 aromatic heterocycles. The number of aromatic nitrogens is 2. The van der Waals surface area contributed by atoms with Crippen LogP contribution in [-0.4, -0.2) is 29.5 Å². The van der Waals surface area contributed by atoms with E-state index in [1.54, 1.807) is 12.3 Å². The van der Waals surface area contributed by atoms with Crippen LogP contribution in [0.25, 0.3) is 0 Å². The Balaban J connectivity index is 2.24. The van der Waals surface area contributed by atoms with Crippen molar-refractivity contribution in [2.75, 3.05) is 13.6 Å². The lowest BCUT2D eigenvalue weighted by Crippen LogP contribution is -2.26. The maximum atomic E-state index is 11.2. The summed E-state index contributed by atoms with van der Waals surface area (Å²) in [6.45, 7) is 1.15. The highest BCUT2D eigenvalue weighted by Crippen LogP contribution is 1.89. The molecule has 0 atom stereocenters. The second-order valence-electron chi connectivity index (χ2n) is 2.83.